The smallest absolute Gasteiger partial charge is 0.0132 e. The Balaban J connectivity index is 2.39. The largest absolute Gasteiger partial charge is 0.314 e. The van der Waals surface area contributed by atoms with Crippen LogP contribution in [0, 0.1) is 11.8 Å². The van der Waals surface area contributed by atoms with Crippen LogP contribution in [0.15, 0.2) is 12.2 Å². The molecule has 0 radical (unpaired) electrons. The summed E-state index contributed by atoms with van der Waals surface area (Å²) in [5, 5.41) is 3.67. The quantitative estimate of drug-likeness (QED) is 0.641. The van der Waals surface area contributed by atoms with E-state index in [2.05, 4.69) is 32.7 Å². The molecule has 1 saturated carbocycles. The van der Waals surface area contributed by atoms with Crippen molar-refractivity contribution < 1.29 is 0 Å². The van der Waals surface area contributed by atoms with Crippen LogP contribution < -0.4 is 5.32 Å². The van der Waals surface area contributed by atoms with Gasteiger partial charge in [0.15, 0.2) is 0 Å². The van der Waals surface area contributed by atoms with Gasteiger partial charge in [0.05, 0.1) is 0 Å². The van der Waals surface area contributed by atoms with Crippen molar-refractivity contribution in [2.24, 2.45) is 11.8 Å². The first-order valence-corrected chi connectivity index (χ1v) is 7.55. The first kappa shape index (κ1) is 14.8. The first-order chi connectivity index (χ1) is 8.17. The molecule has 1 aliphatic carbocycles. The molecule has 1 rings (SSSR count). The van der Waals surface area contributed by atoms with Gasteiger partial charge in [0.25, 0.3) is 0 Å². The maximum atomic E-state index is 4.08. The standard InChI is InChI=1S/C16H31N/c1-5-7-14-8-10-15(11-9-14)16(17-6-2)12-13(3)4/h14-17H,3,5-12H2,1-2,4H3. The van der Waals surface area contributed by atoms with Crippen LogP contribution >= 0.6 is 0 Å². The van der Waals surface area contributed by atoms with Gasteiger partial charge in [0, 0.05) is 6.04 Å². The van der Waals surface area contributed by atoms with Crippen LogP contribution in [-0.2, 0) is 0 Å². The van der Waals surface area contributed by atoms with Gasteiger partial charge in [0.2, 0.25) is 0 Å². The minimum atomic E-state index is 0.681. The lowest BCUT2D eigenvalue weighted by Gasteiger charge is -2.34. The molecule has 1 heteroatoms. The number of rotatable bonds is 7. The van der Waals surface area contributed by atoms with Gasteiger partial charge in [-0.25, -0.2) is 0 Å². The van der Waals surface area contributed by atoms with Crippen molar-refractivity contribution in [2.75, 3.05) is 6.54 Å². The second-order valence-corrected chi connectivity index (χ2v) is 5.89. The number of hydrogen-bond acceptors (Lipinski definition) is 1. The third kappa shape index (κ3) is 5.25. The molecular formula is C16H31N. The normalized spacial score (nSPS) is 26.8. The summed E-state index contributed by atoms with van der Waals surface area (Å²) in [6.45, 7) is 11.9. The Hall–Kier alpha value is -0.300. The highest BCUT2D eigenvalue weighted by atomic mass is 14.9. The van der Waals surface area contributed by atoms with Gasteiger partial charge in [-0.1, -0.05) is 45.1 Å². The molecule has 0 amide bonds. The van der Waals surface area contributed by atoms with E-state index in [4.69, 9.17) is 0 Å². The predicted octanol–water partition coefficient (Wildman–Crippen LogP) is 4.54. The van der Waals surface area contributed by atoms with Gasteiger partial charge in [-0.05, 0) is 44.6 Å². The van der Waals surface area contributed by atoms with Crippen LogP contribution in [0.5, 0.6) is 0 Å². The van der Waals surface area contributed by atoms with Crippen molar-refractivity contribution in [3.63, 3.8) is 0 Å². The van der Waals surface area contributed by atoms with E-state index in [1.165, 1.54) is 44.1 Å². The van der Waals surface area contributed by atoms with Gasteiger partial charge in [0.1, 0.15) is 0 Å². The molecule has 100 valence electrons. The second kappa shape index (κ2) is 7.92. The van der Waals surface area contributed by atoms with Gasteiger partial charge in [-0.2, -0.15) is 0 Å². The maximum absolute atomic E-state index is 4.08. The zero-order chi connectivity index (χ0) is 12.7. The first-order valence-electron chi connectivity index (χ1n) is 7.55. The van der Waals surface area contributed by atoms with Crippen LogP contribution in [0.1, 0.15) is 65.7 Å². The summed E-state index contributed by atoms with van der Waals surface area (Å²) < 4.78 is 0. The minimum absolute atomic E-state index is 0.681. The van der Waals surface area contributed by atoms with Crippen molar-refractivity contribution in [3.8, 4) is 0 Å². The molecule has 0 aliphatic heterocycles. The lowest BCUT2D eigenvalue weighted by atomic mass is 9.76. The van der Waals surface area contributed by atoms with Crippen molar-refractivity contribution >= 4 is 0 Å². The van der Waals surface area contributed by atoms with E-state index in [0.29, 0.717) is 6.04 Å². The molecule has 1 fully saturated rings. The predicted molar refractivity (Wildman–Crippen MR) is 77.3 cm³/mol. The highest BCUT2D eigenvalue weighted by molar-refractivity contribution is 4.95. The Morgan fingerprint density at radius 3 is 2.35 bits per heavy atom. The lowest BCUT2D eigenvalue weighted by Crippen LogP contribution is -2.38. The van der Waals surface area contributed by atoms with E-state index in [0.717, 1.165) is 24.8 Å². The zero-order valence-corrected chi connectivity index (χ0v) is 12.1. The highest BCUT2D eigenvalue weighted by Gasteiger charge is 2.26. The summed E-state index contributed by atoms with van der Waals surface area (Å²) in [6, 6.07) is 0.681. The van der Waals surface area contributed by atoms with E-state index < -0.39 is 0 Å². The highest BCUT2D eigenvalue weighted by Crippen LogP contribution is 2.34. The number of hydrogen-bond donors (Lipinski definition) is 1. The van der Waals surface area contributed by atoms with Gasteiger partial charge in [-0.15, -0.1) is 6.58 Å². The van der Waals surface area contributed by atoms with E-state index in [9.17, 15) is 0 Å². The summed E-state index contributed by atoms with van der Waals surface area (Å²) in [5.74, 6) is 1.91. The maximum Gasteiger partial charge on any atom is 0.0132 e. The molecule has 1 aliphatic rings. The third-order valence-electron chi connectivity index (χ3n) is 4.19. The molecular weight excluding hydrogens is 206 g/mol. The van der Waals surface area contributed by atoms with Crippen molar-refractivity contribution in [1.82, 2.24) is 5.32 Å². The summed E-state index contributed by atoms with van der Waals surface area (Å²) in [7, 11) is 0. The van der Waals surface area contributed by atoms with Crippen LogP contribution in [0.2, 0.25) is 0 Å². The van der Waals surface area contributed by atoms with Gasteiger partial charge < -0.3 is 5.32 Å². The minimum Gasteiger partial charge on any atom is -0.314 e. The molecule has 0 aromatic heterocycles. The molecule has 0 heterocycles. The third-order valence-corrected chi connectivity index (χ3v) is 4.19. The summed E-state index contributed by atoms with van der Waals surface area (Å²) >= 11 is 0. The fraction of sp³-hybridized carbons (Fsp3) is 0.875. The number of nitrogens with one attached hydrogen (secondary N) is 1. The molecule has 0 aromatic carbocycles. The van der Waals surface area contributed by atoms with Crippen LogP contribution in [0.3, 0.4) is 0 Å². The summed E-state index contributed by atoms with van der Waals surface area (Å²) in [4.78, 5) is 0. The molecule has 0 spiro atoms. The van der Waals surface area contributed by atoms with E-state index >= 15 is 0 Å². The molecule has 0 bridgehead atoms. The zero-order valence-electron chi connectivity index (χ0n) is 12.1. The Morgan fingerprint density at radius 2 is 1.88 bits per heavy atom. The molecule has 0 saturated heterocycles. The van der Waals surface area contributed by atoms with Crippen LogP contribution in [-0.4, -0.2) is 12.6 Å². The fourth-order valence-electron chi connectivity index (χ4n) is 3.33. The van der Waals surface area contributed by atoms with Gasteiger partial charge >= 0.3 is 0 Å². The molecule has 17 heavy (non-hydrogen) atoms. The van der Waals surface area contributed by atoms with E-state index in [1.807, 2.05) is 0 Å². The molecule has 1 unspecified atom stereocenters. The van der Waals surface area contributed by atoms with Crippen molar-refractivity contribution in [3.05, 3.63) is 12.2 Å². The van der Waals surface area contributed by atoms with Crippen molar-refractivity contribution in [2.45, 2.75) is 71.8 Å². The molecule has 1 atom stereocenters. The fourth-order valence-corrected chi connectivity index (χ4v) is 3.33. The lowest BCUT2D eigenvalue weighted by molar-refractivity contribution is 0.213. The SMILES string of the molecule is C=C(C)CC(NCC)C1CCC(CCC)CC1. The Bertz CT molecular complexity index is 214. The summed E-state index contributed by atoms with van der Waals surface area (Å²) in [6.07, 6.45) is 9.73. The molecule has 0 aromatic rings. The van der Waals surface area contributed by atoms with Gasteiger partial charge in [-0.3, -0.25) is 0 Å². The Labute approximate surface area is 108 Å². The average Bonchev–Trinajstić information content (AvgIpc) is 2.29. The van der Waals surface area contributed by atoms with E-state index in [-0.39, 0.29) is 0 Å². The molecule has 1 nitrogen and oxygen atoms in total. The summed E-state index contributed by atoms with van der Waals surface area (Å²) in [5.41, 5.74) is 1.33. The van der Waals surface area contributed by atoms with Crippen LogP contribution in [0.25, 0.3) is 0 Å². The average molecular weight is 237 g/mol. The monoisotopic (exact) mass is 237 g/mol. The molecule has 1 N–H and O–H groups in total. The van der Waals surface area contributed by atoms with Crippen LogP contribution in [0.4, 0.5) is 0 Å². The Morgan fingerprint density at radius 1 is 1.24 bits per heavy atom. The topological polar surface area (TPSA) is 12.0 Å². The van der Waals surface area contributed by atoms with Crippen molar-refractivity contribution in [1.29, 1.82) is 0 Å². The second-order valence-electron chi connectivity index (χ2n) is 5.89. The Kier molecular flexibility index (Phi) is 6.87. The van der Waals surface area contributed by atoms with E-state index in [1.54, 1.807) is 0 Å².